The van der Waals surface area contributed by atoms with Crippen molar-refractivity contribution in [3.05, 3.63) is 0 Å². The quantitative estimate of drug-likeness (QED) is 0.713. The fraction of sp³-hybridized carbons (Fsp3) is 0.833. The lowest BCUT2D eigenvalue weighted by Gasteiger charge is -2.33. The number of carboxylic acid groups (broad SMARTS) is 1. The molecule has 1 atom stereocenters. The van der Waals surface area contributed by atoms with Crippen molar-refractivity contribution in [3.63, 3.8) is 0 Å². The van der Waals surface area contributed by atoms with Crippen molar-refractivity contribution < 1.29 is 32.6 Å². The highest BCUT2D eigenvalue weighted by molar-refractivity contribution is 5.73. The van der Waals surface area contributed by atoms with E-state index < -0.39 is 17.7 Å². The van der Waals surface area contributed by atoms with E-state index in [0.29, 0.717) is 6.04 Å². The van der Waals surface area contributed by atoms with Crippen molar-refractivity contribution in [2.75, 3.05) is 19.6 Å². The summed E-state index contributed by atoms with van der Waals surface area (Å²) in [5, 5.41) is 10.4. The van der Waals surface area contributed by atoms with Crippen LogP contribution in [0.2, 0.25) is 0 Å². The van der Waals surface area contributed by atoms with Gasteiger partial charge in [-0.05, 0) is 27.7 Å². The van der Waals surface area contributed by atoms with E-state index in [1.54, 1.807) is 4.90 Å². The number of nitrogens with one attached hydrogen (secondary N) is 1. The Morgan fingerprint density at radius 3 is 2.10 bits per heavy atom. The topological polar surface area (TPSA) is 78.9 Å². The van der Waals surface area contributed by atoms with Crippen LogP contribution in [0.5, 0.6) is 0 Å². The number of ether oxygens (including phenoxy) is 1. The third-order valence-corrected chi connectivity index (χ3v) is 2.26. The van der Waals surface area contributed by atoms with E-state index >= 15 is 0 Å². The fourth-order valence-electron chi connectivity index (χ4n) is 1.42. The third kappa shape index (κ3) is 9.11. The summed E-state index contributed by atoms with van der Waals surface area (Å²) < 4.78 is 37.0. The van der Waals surface area contributed by atoms with Crippen LogP contribution in [0.25, 0.3) is 0 Å². The lowest BCUT2D eigenvalue weighted by molar-refractivity contribution is -0.192. The molecule has 0 radical (unpaired) electrons. The molecular formula is C12H21F3N2O4. The summed E-state index contributed by atoms with van der Waals surface area (Å²) in [6.07, 6.45) is -5.29. The number of hydrogen-bond acceptors (Lipinski definition) is 4. The Hall–Kier alpha value is -1.51. The number of rotatable bonds is 0. The van der Waals surface area contributed by atoms with Gasteiger partial charge in [0.1, 0.15) is 5.60 Å². The number of amides is 1. The summed E-state index contributed by atoms with van der Waals surface area (Å²) in [5.41, 5.74) is -0.398. The smallest absolute Gasteiger partial charge is 0.475 e. The molecule has 124 valence electrons. The number of hydrogen-bond donors (Lipinski definition) is 2. The van der Waals surface area contributed by atoms with Crippen LogP contribution in [0.3, 0.4) is 0 Å². The van der Waals surface area contributed by atoms with Crippen LogP contribution in [0.1, 0.15) is 27.7 Å². The molecule has 0 aliphatic carbocycles. The lowest BCUT2D eigenvalue weighted by Crippen LogP contribution is -2.52. The van der Waals surface area contributed by atoms with Crippen molar-refractivity contribution in [1.29, 1.82) is 0 Å². The van der Waals surface area contributed by atoms with Crippen molar-refractivity contribution >= 4 is 12.1 Å². The molecule has 0 spiro atoms. The Bertz CT molecular complexity index is 366. The second-order valence-corrected chi connectivity index (χ2v) is 5.58. The molecule has 9 heteroatoms. The zero-order chi connectivity index (χ0) is 16.8. The van der Waals surface area contributed by atoms with Gasteiger partial charge in [-0.25, -0.2) is 9.59 Å². The highest BCUT2D eigenvalue weighted by atomic mass is 19.4. The van der Waals surface area contributed by atoms with Gasteiger partial charge in [0.15, 0.2) is 0 Å². The molecule has 1 heterocycles. The molecule has 1 rings (SSSR count). The van der Waals surface area contributed by atoms with Crippen LogP contribution >= 0.6 is 0 Å². The highest BCUT2D eigenvalue weighted by Gasteiger charge is 2.38. The highest BCUT2D eigenvalue weighted by Crippen LogP contribution is 2.13. The number of aliphatic carboxylic acids is 1. The maximum atomic E-state index is 11.6. The number of carboxylic acids is 1. The van der Waals surface area contributed by atoms with Crippen LogP contribution in [0, 0.1) is 0 Å². The predicted molar refractivity (Wildman–Crippen MR) is 69.0 cm³/mol. The Morgan fingerprint density at radius 1 is 1.29 bits per heavy atom. The second kappa shape index (κ2) is 7.48. The third-order valence-electron chi connectivity index (χ3n) is 2.26. The minimum atomic E-state index is -5.08. The first-order valence-corrected chi connectivity index (χ1v) is 6.34. The maximum absolute atomic E-state index is 11.6. The van der Waals surface area contributed by atoms with Gasteiger partial charge in [-0.1, -0.05) is 0 Å². The molecule has 0 bridgehead atoms. The lowest BCUT2D eigenvalue weighted by atomic mass is 10.2. The minimum Gasteiger partial charge on any atom is -0.475 e. The Labute approximate surface area is 121 Å². The first-order valence-electron chi connectivity index (χ1n) is 6.34. The van der Waals surface area contributed by atoms with Crippen LogP contribution in [-0.4, -0.2) is 59.5 Å². The molecule has 1 amide bonds. The van der Waals surface area contributed by atoms with Crippen molar-refractivity contribution in [1.82, 2.24) is 10.2 Å². The zero-order valence-corrected chi connectivity index (χ0v) is 12.5. The summed E-state index contributed by atoms with van der Waals surface area (Å²) in [5.74, 6) is -2.76. The Balaban J connectivity index is 0.000000486. The van der Waals surface area contributed by atoms with Crippen molar-refractivity contribution in [3.8, 4) is 0 Å². The van der Waals surface area contributed by atoms with Gasteiger partial charge in [-0.2, -0.15) is 13.2 Å². The van der Waals surface area contributed by atoms with Crippen LogP contribution in [-0.2, 0) is 9.53 Å². The molecule has 0 aromatic rings. The van der Waals surface area contributed by atoms with Crippen LogP contribution < -0.4 is 5.32 Å². The molecule has 1 saturated heterocycles. The summed E-state index contributed by atoms with van der Waals surface area (Å²) in [6, 6.07) is 0.358. The monoisotopic (exact) mass is 314 g/mol. The summed E-state index contributed by atoms with van der Waals surface area (Å²) in [4.78, 5) is 22.3. The van der Waals surface area contributed by atoms with Crippen molar-refractivity contribution in [2.24, 2.45) is 0 Å². The fourth-order valence-corrected chi connectivity index (χ4v) is 1.42. The summed E-state index contributed by atoms with van der Waals surface area (Å²) in [7, 11) is 0. The van der Waals surface area contributed by atoms with E-state index in [0.717, 1.165) is 19.6 Å². The molecule has 2 N–H and O–H groups in total. The van der Waals surface area contributed by atoms with E-state index in [4.69, 9.17) is 14.6 Å². The standard InChI is InChI=1S/C10H20N2O2.C2HF3O2/c1-8-7-12(6-5-11-8)9(13)14-10(2,3)4;3-2(4,5)1(6)7/h8,11H,5-7H2,1-4H3;(H,6,7)/t8-;/m1./s1. The minimum absolute atomic E-state index is 0.203. The van der Waals surface area contributed by atoms with Crippen LogP contribution in [0.4, 0.5) is 18.0 Å². The number of halogens is 3. The summed E-state index contributed by atoms with van der Waals surface area (Å²) >= 11 is 0. The van der Waals surface area contributed by atoms with Gasteiger partial charge in [0.05, 0.1) is 0 Å². The number of nitrogens with zero attached hydrogens (tertiary/aromatic N) is 1. The van der Waals surface area contributed by atoms with Crippen molar-refractivity contribution in [2.45, 2.75) is 45.5 Å². The van der Waals surface area contributed by atoms with E-state index in [1.165, 1.54) is 0 Å². The van der Waals surface area contributed by atoms with Gasteiger partial charge in [0.2, 0.25) is 0 Å². The van der Waals surface area contributed by atoms with Gasteiger partial charge in [-0.3, -0.25) is 0 Å². The molecule has 0 saturated carbocycles. The predicted octanol–water partition coefficient (Wildman–Crippen LogP) is 1.85. The average molecular weight is 314 g/mol. The second-order valence-electron chi connectivity index (χ2n) is 5.58. The molecule has 0 aromatic heterocycles. The van der Waals surface area contributed by atoms with E-state index in [1.807, 2.05) is 20.8 Å². The largest absolute Gasteiger partial charge is 0.490 e. The van der Waals surface area contributed by atoms with Gasteiger partial charge < -0.3 is 20.1 Å². The first kappa shape index (κ1) is 19.5. The molecule has 1 aliphatic rings. The van der Waals surface area contributed by atoms with Crippen LogP contribution in [0.15, 0.2) is 0 Å². The van der Waals surface area contributed by atoms with Gasteiger partial charge in [-0.15, -0.1) is 0 Å². The van der Waals surface area contributed by atoms with Gasteiger partial charge >= 0.3 is 18.2 Å². The Kier molecular flexibility index (Phi) is 6.95. The molecule has 6 nitrogen and oxygen atoms in total. The number of piperazine rings is 1. The SMILES string of the molecule is C[C@@H]1CN(C(=O)OC(C)(C)C)CCN1.O=C(O)C(F)(F)F. The molecule has 1 fully saturated rings. The molecule has 21 heavy (non-hydrogen) atoms. The molecule has 1 aliphatic heterocycles. The first-order chi connectivity index (χ1) is 9.33. The van der Waals surface area contributed by atoms with E-state index in [9.17, 15) is 18.0 Å². The van der Waals surface area contributed by atoms with Gasteiger partial charge in [0.25, 0.3) is 0 Å². The average Bonchev–Trinajstić information content (AvgIpc) is 2.26. The molecule has 0 aromatic carbocycles. The Morgan fingerprint density at radius 2 is 1.76 bits per heavy atom. The molecule has 0 unspecified atom stereocenters. The number of carbonyl (C=O) groups excluding carboxylic acids is 1. The maximum Gasteiger partial charge on any atom is 0.490 e. The normalized spacial score (nSPS) is 19.4. The van der Waals surface area contributed by atoms with E-state index in [-0.39, 0.29) is 6.09 Å². The van der Waals surface area contributed by atoms with Gasteiger partial charge in [0, 0.05) is 25.7 Å². The number of alkyl halides is 3. The van der Waals surface area contributed by atoms with E-state index in [2.05, 4.69) is 12.2 Å². The number of carbonyl (C=O) groups is 2. The zero-order valence-electron chi connectivity index (χ0n) is 12.5. The summed E-state index contributed by atoms with van der Waals surface area (Å²) in [6.45, 7) is 10.0. The molecular weight excluding hydrogens is 293 g/mol.